The molecule has 2 unspecified atom stereocenters. The van der Waals surface area contributed by atoms with Crippen LogP contribution < -0.4 is 10.6 Å². The van der Waals surface area contributed by atoms with Crippen molar-refractivity contribution in [1.82, 2.24) is 9.78 Å². The van der Waals surface area contributed by atoms with Crippen LogP contribution in [0.4, 0.5) is 5.82 Å². The summed E-state index contributed by atoms with van der Waals surface area (Å²) in [4.78, 5) is 14.6. The van der Waals surface area contributed by atoms with E-state index < -0.39 is 6.04 Å². The third kappa shape index (κ3) is 4.18. The summed E-state index contributed by atoms with van der Waals surface area (Å²) in [5.74, 6) is 0.940. The quantitative estimate of drug-likeness (QED) is 0.841. The van der Waals surface area contributed by atoms with E-state index in [4.69, 9.17) is 15.9 Å². The maximum Gasteiger partial charge on any atom is 0.245 e. The Labute approximate surface area is 168 Å². The molecule has 0 spiro atoms. The van der Waals surface area contributed by atoms with Crippen molar-refractivity contribution in [2.75, 3.05) is 18.6 Å². The van der Waals surface area contributed by atoms with E-state index in [1.165, 1.54) is 0 Å². The van der Waals surface area contributed by atoms with Gasteiger partial charge in [-0.25, -0.2) is 4.68 Å². The highest BCUT2D eigenvalue weighted by atomic mass is 16.2. The number of para-hydroxylation sites is 1. The van der Waals surface area contributed by atoms with Crippen molar-refractivity contribution in [3.8, 4) is 5.69 Å². The van der Waals surface area contributed by atoms with E-state index >= 15 is 0 Å². The van der Waals surface area contributed by atoms with E-state index in [0.29, 0.717) is 6.54 Å². The van der Waals surface area contributed by atoms with Crippen LogP contribution in [-0.4, -0.2) is 40.5 Å². The lowest BCUT2D eigenvalue weighted by atomic mass is 9.79. The maximum absolute atomic E-state index is 12.8. The third-order valence-electron chi connectivity index (χ3n) is 4.68. The maximum atomic E-state index is 12.8. The Balaban J connectivity index is 0.000000921. The Bertz CT molecular complexity index is 768. The zero-order chi connectivity index (χ0) is 21.4. The van der Waals surface area contributed by atoms with E-state index in [9.17, 15) is 4.79 Å². The molecular formula is C22H34N4O2. The summed E-state index contributed by atoms with van der Waals surface area (Å²) in [6, 6.07) is 9.30. The van der Waals surface area contributed by atoms with Crippen LogP contribution in [0.1, 0.15) is 51.8 Å². The molecule has 0 bridgehead atoms. The number of fused-ring (bicyclic) bond motifs is 1. The molecule has 0 aliphatic carbocycles. The molecule has 6 nitrogen and oxygen atoms in total. The Morgan fingerprint density at radius 2 is 1.82 bits per heavy atom. The van der Waals surface area contributed by atoms with Crippen LogP contribution in [0, 0.1) is 5.92 Å². The number of rotatable bonds is 4. The van der Waals surface area contributed by atoms with Crippen molar-refractivity contribution in [1.29, 1.82) is 0 Å². The van der Waals surface area contributed by atoms with Gasteiger partial charge in [-0.15, -0.1) is 0 Å². The van der Waals surface area contributed by atoms with Gasteiger partial charge < -0.3 is 10.8 Å². The Hall–Kier alpha value is -2.44. The predicted molar refractivity (Wildman–Crippen MR) is 117 cm³/mol. The molecule has 1 aromatic carbocycles. The number of aromatic nitrogens is 2. The monoisotopic (exact) mass is 386 g/mol. The van der Waals surface area contributed by atoms with Gasteiger partial charge in [0.05, 0.1) is 17.4 Å². The summed E-state index contributed by atoms with van der Waals surface area (Å²) in [5.41, 5.74) is 9.06. The minimum atomic E-state index is -0.551. The van der Waals surface area contributed by atoms with Gasteiger partial charge in [0, 0.05) is 25.1 Å². The van der Waals surface area contributed by atoms with Gasteiger partial charge >= 0.3 is 0 Å². The van der Waals surface area contributed by atoms with Gasteiger partial charge in [0.15, 0.2) is 0 Å². The molecule has 0 saturated heterocycles. The fraction of sp³-hybridized carbons (Fsp3) is 0.455. The molecule has 28 heavy (non-hydrogen) atoms. The lowest BCUT2D eigenvalue weighted by Gasteiger charge is -2.38. The zero-order valence-electron chi connectivity index (χ0n) is 17.9. The zero-order valence-corrected chi connectivity index (χ0v) is 17.9. The van der Waals surface area contributed by atoms with Crippen molar-refractivity contribution in [3.63, 3.8) is 0 Å². The van der Waals surface area contributed by atoms with Crippen molar-refractivity contribution < 1.29 is 9.90 Å². The van der Waals surface area contributed by atoms with Crippen molar-refractivity contribution in [2.24, 2.45) is 11.7 Å². The van der Waals surface area contributed by atoms with Gasteiger partial charge in [-0.2, -0.15) is 5.10 Å². The van der Waals surface area contributed by atoms with Crippen LogP contribution in [0.25, 0.3) is 11.8 Å². The third-order valence-corrected chi connectivity index (χ3v) is 4.68. The minimum absolute atomic E-state index is 0.0450. The van der Waals surface area contributed by atoms with Gasteiger partial charge in [0.2, 0.25) is 5.91 Å². The molecule has 3 N–H and O–H groups in total. The summed E-state index contributed by atoms with van der Waals surface area (Å²) < 4.78 is 1.84. The second-order valence-corrected chi connectivity index (χ2v) is 6.45. The topological polar surface area (TPSA) is 84.4 Å². The van der Waals surface area contributed by atoms with E-state index in [2.05, 4.69) is 20.4 Å². The van der Waals surface area contributed by atoms with E-state index in [-0.39, 0.29) is 17.7 Å². The second kappa shape index (κ2) is 10.8. The van der Waals surface area contributed by atoms with Crippen molar-refractivity contribution >= 4 is 17.8 Å². The van der Waals surface area contributed by atoms with Crippen LogP contribution in [-0.2, 0) is 4.79 Å². The number of hydrogen-bond donors (Lipinski definition) is 2. The first-order chi connectivity index (χ1) is 13.5. The van der Waals surface area contributed by atoms with Gasteiger partial charge in [-0.1, -0.05) is 52.5 Å². The van der Waals surface area contributed by atoms with Gasteiger partial charge in [-0.05, 0) is 31.1 Å². The van der Waals surface area contributed by atoms with Gasteiger partial charge in [0.1, 0.15) is 5.82 Å². The van der Waals surface area contributed by atoms with Gasteiger partial charge in [0.25, 0.3) is 0 Å². The highest BCUT2D eigenvalue weighted by Gasteiger charge is 2.43. The van der Waals surface area contributed by atoms with Crippen molar-refractivity contribution in [2.45, 2.75) is 46.6 Å². The van der Waals surface area contributed by atoms with Crippen LogP contribution in [0.3, 0.4) is 0 Å². The molecule has 1 aliphatic rings. The smallest absolute Gasteiger partial charge is 0.245 e. The minimum Gasteiger partial charge on any atom is -0.400 e. The first kappa shape index (κ1) is 23.6. The standard InChI is InChI=1S/C19H24N4O.C2H6.CH4O/c1-5-14-16-15(12(3)4)17(20)19(24)22(6-2)18(16)23(21-14)13-10-8-7-9-11-13;2*1-2/h5,7-12,15,17H,1,6,20H2,2-4H3;1-2H3;2H,1H3. The molecule has 0 radical (unpaired) electrons. The van der Waals surface area contributed by atoms with Crippen LogP contribution in [0.5, 0.6) is 0 Å². The lowest BCUT2D eigenvalue weighted by Crippen LogP contribution is -2.52. The number of nitrogens with zero attached hydrogens (tertiary/aromatic N) is 3. The molecular weight excluding hydrogens is 352 g/mol. The summed E-state index contributed by atoms with van der Waals surface area (Å²) in [6.45, 7) is 14.6. The number of nitrogens with two attached hydrogens (primary N) is 1. The normalized spacial score (nSPS) is 17.9. The van der Waals surface area contributed by atoms with Crippen LogP contribution in [0.2, 0.25) is 0 Å². The molecule has 6 heteroatoms. The second-order valence-electron chi connectivity index (χ2n) is 6.45. The van der Waals surface area contributed by atoms with E-state index in [0.717, 1.165) is 29.9 Å². The fourth-order valence-corrected chi connectivity index (χ4v) is 3.59. The number of amides is 1. The Morgan fingerprint density at radius 3 is 2.29 bits per heavy atom. The number of anilines is 1. The first-order valence-corrected chi connectivity index (χ1v) is 9.83. The highest BCUT2D eigenvalue weighted by Crippen LogP contribution is 2.43. The molecule has 2 aromatic rings. The van der Waals surface area contributed by atoms with Crippen LogP contribution >= 0.6 is 0 Å². The number of carbonyl (C=O) groups is 1. The number of aliphatic hydroxyl groups is 1. The molecule has 1 aromatic heterocycles. The fourth-order valence-electron chi connectivity index (χ4n) is 3.59. The summed E-state index contributed by atoms with van der Waals surface area (Å²) in [5, 5.41) is 11.7. The average Bonchev–Trinajstić information content (AvgIpc) is 3.11. The predicted octanol–water partition coefficient (Wildman–Crippen LogP) is 3.58. The molecule has 154 valence electrons. The molecule has 0 fully saturated rings. The molecule has 1 amide bonds. The number of hydrogen-bond acceptors (Lipinski definition) is 4. The Kier molecular flexibility index (Phi) is 9.09. The molecule has 2 heterocycles. The first-order valence-electron chi connectivity index (χ1n) is 9.83. The molecule has 1 aliphatic heterocycles. The molecule has 2 atom stereocenters. The number of carbonyl (C=O) groups excluding carboxylic acids is 1. The molecule has 3 rings (SSSR count). The largest absolute Gasteiger partial charge is 0.400 e. The summed E-state index contributed by atoms with van der Waals surface area (Å²) in [6.07, 6.45) is 1.75. The van der Waals surface area contributed by atoms with E-state index in [1.54, 1.807) is 11.0 Å². The van der Waals surface area contributed by atoms with Crippen molar-refractivity contribution in [3.05, 3.63) is 48.2 Å². The number of aliphatic hydroxyl groups excluding tert-OH is 1. The number of benzene rings is 1. The van der Waals surface area contributed by atoms with Gasteiger partial charge in [-0.3, -0.25) is 9.69 Å². The average molecular weight is 387 g/mol. The lowest BCUT2D eigenvalue weighted by molar-refractivity contribution is -0.121. The summed E-state index contributed by atoms with van der Waals surface area (Å²) >= 11 is 0. The Morgan fingerprint density at radius 1 is 1.25 bits per heavy atom. The highest BCUT2D eigenvalue weighted by molar-refractivity contribution is 6.01. The summed E-state index contributed by atoms with van der Waals surface area (Å²) in [7, 11) is 1.00. The molecule has 0 saturated carbocycles. The van der Waals surface area contributed by atoms with E-state index in [1.807, 2.05) is 55.8 Å². The van der Waals surface area contributed by atoms with Crippen LogP contribution in [0.15, 0.2) is 36.9 Å². The SMILES string of the molecule is C=Cc1nn(-c2ccccc2)c2c1C(C(C)C)C(N)C(=O)N2CC.CC.CO. The number of likely N-dealkylation sites (N-methyl/N-ethyl adjacent to an activating group) is 1.